The van der Waals surface area contributed by atoms with Gasteiger partial charge in [-0.15, -0.1) is 0 Å². The van der Waals surface area contributed by atoms with E-state index in [-0.39, 0.29) is 18.2 Å². The zero-order valence-corrected chi connectivity index (χ0v) is 11.4. The third-order valence-corrected chi connectivity index (χ3v) is 3.65. The first-order valence-electron chi connectivity index (χ1n) is 5.93. The van der Waals surface area contributed by atoms with Crippen molar-refractivity contribution in [1.82, 2.24) is 9.55 Å². The summed E-state index contributed by atoms with van der Waals surface area (Å²) in [4.78, 5) is 16.4. The van der Waals surface area contributed by atoms with Crippen LogP contribution in [0.4, 0.5) is 4.39 Å². The second-order valence-corrected chi connectivity index (χ2v) is 5.22. The van der Waals surface area contributed by atoms with Crippen molar-refractivity contribution in [2.75, 3.05) is 18.6 Å². The molecule has 1 aromatic carbocycles. The molecule has 4 nitrogen and oxygen atoms in total. The van der Waals surface area contributed by atoms with E-state index in [2.05, 4.69) is 4.98 Å². The van der Waals surface area contributed by atoms with Gasteiger partial charge in [0.15, 0.2) is 0 Å². The van der Waals surface area contributed by atoms with Crippen LogP contribution in [0.25, 0.3) is 10.9 Å². The lowest BCUT2D eigenvalue weighted by Gasteiger charge is -2.16. The number of aliphatic hydroxyl groups excluding tert-OH is 1. The zero-order valence-electron chi connectivity index (χ0n) is 10.5. The molecule has 1 aromatic heterocycles. The summed E-state index contributed by atoms with van der Waals surface area (Å²) in [5.41, 5.74) is 0.0907. The third kappa shape index (κ3) is 2.96. The van der Waals surface area contributed by atoms with Crippen molar-refractivity contribution in [2.45, 2.75) is 12.5 Å². The molecule has 1 heterocycles. The molecule has 0 fully saturated rings. The predicted octanol–water partition coefficient (Wildman–Crippen LogP) is 1.82. The molecule has 0 radical (unpaired) electrons. The molecule has 0 aliphatic heterocycles. The molecule has 1 N–H and O–H groups in total. The Labute approximate surface area is 114 Å². The Morgan fingerprint density at radius 3 is 3.00 bits per heavy atom. The van der Waals surface area contributed by atoms with Gasteiger partial charge in [-0.25, -0.2) is 9.37 Å². The molecular weight excluding hydrogens is 267 g/mol. The maximum Gasteiger partial charge on any atom is 0.261 e. The van der Waals surface area contributed by atoms with Gasteiger partial charge in [0.2, 0.25) is 0 Å². The van der Waals surface area contributed by atoms with E-state index in [9.17, 15) is 14.3 Å². The molecule has 0 saturated heterocycles. The Morgan fingerprint density at radius 1 is 1.53 bits per heavy atom. The number of rotatable bonds is 5. The quantitative estimate of drug-likeness (QED) is 0.909. The second kappa shape index (κ2) is 6.16. The van der Waals surface area contributed by atoms with Gasteiger partial charge in [-0.05, 0) is 30.6 Å². The summed E-state index contributed by atoms with van der Waals surface area (Å²) in [5, 5.41) is 9.76. The molecule has 0 aliphatic carbocycles. The van der Waals surface area contributed by atoms with E-state index in [0.717, 1.165) is 5.75 Å². The number of hydrogen-bond acceptors (Lipinski definition) is 4. The average molecular weight is 282 g/mol. The molecule has 2 rings (SSSR count). The number of aromatic nitrogens is 2. The minimum atomic E-state index is -0.418. The van der Waals surface area contributed by atoms with Gasteiger partial charge in [-0.1, -0.05) is 0 Å². The maximum atomic E-state index is 13.1. The van der Waals surface area contributed by atoms with Gasteiger partial charge >= 0.3 is 0 Å². The topological polar surface area (TPSA) is 55.1 Å². The van der Waals surface area contributed by atoms with Gasteiger partial charge in [0.1, 0.15) is 5.82 Å². The summed E-state index contributed by atoms with van der Waals surface area (Å²) >= 11 is 1.65. The summed E-state index contributed by atoms with van der Waals surface area (Å²) in [6.07, 6.45) is 4.04. The Morgan fingerprint density at radius 2 is 2.32 bits per heavy atom. The molecule has 2 aromatic rings. The number of hydrogen-bond donors (Lipinski definition) is 1. The number of thioether (sulfide) groups is 1. The van der Waals surface area contributed by atoms with Gasteiger partial charge in [0.05, 0.1) is 29.9 Å². The lowest BCUT2D eigenvalue weighted by molar-refractivity contribution is 0.222. The van der Waals surface area contributed by atoms with Crippen LogP contribution in [-0.4, -0.2) is 33.3 Å². The minimum absolute atomic E-state index is 0.116. The Kier molecular flexibility index (Phi) is 4.55. The highest BCUT2D eigenvalue weighted by molar-refractivity contribution is 7.98. The molecule has 6 heteroatoms. The SMILES string of the molecule is CSCC[C@@H](CO)n1cnc2cc(F)ccc2c1=O. The number of benzene rings is 1. The normalized spacial score (nSPS) is 12.8. The molecule has 19 heavy (non-hydrogen) atoms. The first-order chi connectivity index (χ1) is 9.17. The second-order valence-electron chi connectivity index (χ2n) is 4.24. The van der Waals surface area contributed by atoms with E-state index in [1.54, 1.807) is 11.8 Å². The minimum Gasteiger partial charge on any atom is -0.394 e. The lowest BCUT2D eigenvalue weighted by atomic mass is 10.2. The fourth-order valence-electron chi connectivity index (χ4n) is 1.94. The monoisotopic (exact) mass is 282 g/mol. The van der Waals surface area contributed by atoms with Crippen LogP contribution in [0.15, 0.2) is 29.3 Å². The summed E-state index contributed by atoms with van der Waals surface area (Å²) in [5.74, 6) is 0.428. The van der Waals surface area contributed by atoms with Crippen LogP contribution in [0.3, 0.4) is 0 Å². The standard InChI is InChI=1S/C13H15FN2O2S/c1-19-5-4-10(7-17)16-8-15-12-6-9(14)2-3-11(12)13(16)18/h2-3,6,8,10,17H,4-5,7H2,1H3/t10-/m0/s1. The van der Waals surface area contributed by atoms with Crippen molar-refractivity contribution >= 4 is 22.7 Å². The third-order valence-electron chi connectivity index (χ3n) is 3.01. The highest BCUT2D eigenvalue weighted by Crippen LogP contribution is 2.14. The average Bonchev–Trinajstić information content (AvgIpc) is 2.41. The van der Waals surface area contributed by atoms with Crippen molar-refractivity contribution in [1.29, 1.82) is 0 Å². The molecule has 102 valence electrons. The first-order valence-corrected chi connectivity index (χ1v) is 7.33. The van der Waals surface area contributed by atoms with Crippen molar-refractivity contribution in [3.63, 3.8) is 0 Å². The van der Waals surface area contributed by atoms with Gasteiger partial charge in [0.25, 0.3) is 5.56 Å². The number of aliphatic hydroxyl groups is 1. The predicted molar refractivity (Wildman–Crippen MR) is 75.1 cm³/mol. The molecular formula is C13H15FN2O2S. The molecule has 1 atom stereocenters. The smallest absolute Gasteiger partial charge is 0.261 e. The van der Waals surface area contributed by atoms with Crippen LogP contribution in [0, 0.1) is 5.82 Å². The van der Waals surface area contributed by atoms with Crippen LogP contribution < -0.4 is 5.56 Å². The molecule has 0 spiro atoms. The van der Waals surface area contributed by atoms with Crippen LogP contribution in [0.5, 0.6) is 0 Å². The van der Waals surface area contributed by atoms with E-state index >= 15 is 0 Å². The van der Waals surface area contributed by atoms with Gasteiger partial charge in [-0.3, -0.25) is 9.36 Å². The van der Waals surface area contributed by atoms with Crippen molar-refractivity contribution in [3.05, 3.63) is 40.7 Å². The molecule has 0 bridgehead atoms. The summed E-state index contributed by atoms with van der Waals surface area (Å²) in [7, 11) is 0. The largest absolute Gasteiger partial charge is 0.394 e. The van der Waals surface area contributed by atoms with E-state index in [1.807, 2.05) is 6.26 Å². The van der Waals surface area contributed by atoms with E-state index in [4.69, 9.17) is 0 Å². The summed E-state index contributed by atoms with van der Waals surface area (Å²) < 4.78 is 14.5. The van der Waals surface area contributed by atoms with E-state index in [1.165, 1.54) is 29.1 Å². The van der Waals surface area contributed by atoms with Crippen LogP contribution >= 0.6 is 11.8 Å². The number of nitrogens with zero attached hydrogens (tertiary/aromatic N) is 2. The fourth-order valence-corrected chi connectivity index (χ4v) is 2.45. The summed E-state index contributed by atoms with van der Waals surface area (Å²) in [6, 6.07) is 3.61. The van der Waals surface area contributed by atoms with Crippen molar-refractivity contribution < 1.29 is 9.50 Å². The Hall–Kier alpha value is -1.40. The van der Waals surface area contributed by atoms with Crippen molar-refractivity contribution in [3.8, 4) is 0 Å². The highest BCUT2D eigenvalue weighted by Gasteiger charge is 2.13. The zero-order chi connectivity index (χ0) is 13.8. The highest BCUT2D eigenvalue weighted by atomic mass is 32.2. The number of fused-ring (bicyclic) bond motifs is 1. The molecule has 0 amide bonds. The van der Waals surface area contributed by atoms with Gasteiger partial charge in [-0.2, -0.15) is 11.8 Å². The Bertz CT molecular complexity index is 630. The maximum absolute atomic E-state index is 13.1. The lowest BCUT2D eigenvalue weighted by Crippen LogP contribution is -2.27. The van der Waals surface area contributed by atoms with Crippen LogP contribution in [-0.2, 0) is 0 Å². The van der Waals surface area contributed by atoms with Gasteiger partial charge in [0, 0.05) is 6.07 Å². The fraction of sp³-hybridized carbons (Fsp3) is 0.385. The van der Waals surface area contributed by atoms with E-state index in [0.29, 0.717) is 17.3 Å². The Balaban J connectivity index is 2.47. The molecule has 0 unspecified atom stereocenters. The molecule has 0 saturated carbocycles. The molecule has 0 aliphatic rings. The first kappa shape index (κ1) is 14.0. The van der Waals surface area contributed by atoms with Crippen LogP contribution in [0.1, 0.15) is 12.5 Å². The van der Waals surface area contributed by atoms with Gasteiger partial charge < -0.3 is 5.11 Å². The number of halogens is 1. The van der Waals surface area contributed by atoms with Crippen molar-refractivity contribution in [2.24, 2.45) is 0 Å². The van der Waals surface area contributed by atoms with Crippen LogP contribution in [0.2, 0.25) is 0 Å². The van der Waals surface area contributed by atoms with E-state index < -0.39 is 5.82 Å². The summed E-state index contributed by atoms with van der Waals surface area (Å²) in [6.45, 7) is -0.116.